The maximum absolute atomic E-state index is 11.8. The van der Waals surface area contributed by atoms with Crippen molar-refractivity contribution in [2.75, 3.05) is 16.4 Å². The Bertz CT molecular complexity index is 596. The number of hydrogen-bond acceptors (Lipinski definition) is 2. The summed E-state index contributed by atoms with van der Waals surface area (Å²) in [4.78, 5) is 11.8. The van der Waals surface area contributed by atoms with Gasteiger partial charge in [-0.3, -0.25) is 0 Å². The predicted molar refractivity (Wildman–Crippen MR) is 79.7 cm³/mol. The van der Waals surface area contributed by atoms with Gasteiger partial charge in [-0.25, -0.2) is 4.79 Å². The minimum Gasteiger partial charge on any atom is -0.397 e. The Hall–Kier alpha value is -2.20. The molecule has 0 heterocycles. The van der Waals surface area contributed by atoms with Crippen LogP contribution in [0.4, 0.5) is 21.9 Å². The van der Waals surface area contributed by atoms with Gasteiger partial charge in [0.05, 0.1) is 10.7 Å². The number of benzene rings is 2. The van der Waals surface area contributed by atoms with E-state index < -0.39 is 0 Å². The molecule has 0 spiro atoms. The Morgan fingerprint density at radius 3 is 2.26 bits per heavy atom. The number of nitrogens with two attached hydrogens (primary N) is 1. The molecule has 0 radical (unpaired) electrons. The van der Waals surface area contributed by atoms with Gasteiger partial charge in [-0.05, 0) is 37.3 Å². The largest absolute Gasteiger partial charge is 0.397 e. The lowest BCUT2D eigenvalue weighted by Gasteiger charge is -2.09. The minimum atomic E-state index is -0.328. The number of anilines is 3. The van der Waals surface area contributed by atoms with Crippen LogP contribution in [0.5, 0.6) is 0 Å². The van der Waals surface area contributed by atoms with Crippen molar-refractivity contribution < 1.29 is 4.79 Å². The summed E-state index contributed by atoms with van der Waals surface area (Å²) in [5.74, 6) is 0. The first-order chi connectivity index (χ1) is 9.04. The maximum atomic E-state index is 11.8. The molecule has 0 unspecified atom stereocenters. The van der Waals surface area contributed by atoms with E-state index >= 15 is 0 Å². The Morgan fingerprint density at radius 1 is 1.05 bits per heavy atom. The van der Waals surface area contributed by atoms with E-state index in [2.05, 4.69) is 10.6 Å². The molecule has 2 aromatic carbocycles. The average molecular weight is 276 g/mol. The minimum absolute atomic E-state index is 0.328. The third kappa shape index (κ3) is 3.63. The standard InChI is InChI=1S/C14H14ClN3O/c1-9-2-4-10(5-3-9)17-14(19)18-11-6-7-12(15)13(16)8-11/h2-8H,16H2,1H3,(H2,17,18,19). The second kappa shape index (κ2) is 5.63. The number of hydrogen-bond donors (Lipinski definition) is 3. The highest BCUT2D eigenvalue weighted by atomic mass is 35.5. The zero-order valence-corrected chi connectivity index (χ0v) is 11.2. The first-order valence-electron chi connectivity index (χ1n) is 5.74. The van der Waals surface area contributed by atoms with E-state index in [1.807, 2.05) is 31.2 Å². The van der Waals surface area contributed by atoms with Crippen LogP contribution in [0.15, 0.2) is 42.5 Å². The van der Waals surface area contributed by atoms with E-state index in [-0.39, 0.29) is 6.03 Å². The number of carbonyl (C=O) groups excluding carboxylic acids is 1. The van der Waals surface area contributed by atoms with Crippen LogP contribution in [0, 0.1) is 6.92 Å². The summed E-state index contributed by atoms with van der Waals surface area (Å²) in [6, 6.07) is 12.1. The molecule has 98 valence electrons. The van der Waals surface area contributed by atoms with Gasteiger partial charge in [0.2, 0.25) is 0 Å². The highest BCUT2D eigenvalue weighted by Crippen LogP contribution is 2.22. The highest BCUT2D eigenvalue weighted by molar-refractivity contribution is 6.33. The number of carbonyl (C=O) groups is 1. The Labute approximate surface area is 116 Å². The van der Waals surface area contributed by atoms with Crippen LogP contribution in [0.2, 0.25) is 5.02 Å². The lowest BCUT2D eigenvalue weighted by molar-refractivity contribution is 0.262. The van der Waals surface area contributed by atoms with Crippen molar-refractivity contribution in [3.05, 3.63) is 53.1 Å². The molecule has 2 aromatic rings. The number of halogens is 1. The fourth-order valence-corrected chi connectivity index (χ4v) is 1.67. The average Bonchev–Trinajstić information content (AvgIpc) is 2.37. The Balaban J connectivity index is 2.01. The fourth-order valence-electron chi connectivity index (χ4n) is 1.55. The summed E-state index contributed by atoms with van der Waals surface area (Å²) < 4.78 is 0. The number of urea groups is 1. The van der Waals surface area contributed by atoms with Gasteiger partial charge < -0.3 is 16.4 Å². The third-order valence-electron chi connectivity index (χ3n) is 2.56. The van der Waals surface area contributed by atoms with Gasteiger partial charge >= 0.3 is 6.03 Å². The van der Waals surface area contributed by atoms with Gasteiger partial charge in [-0.1, -0.05) is 29.3 Å². The molecule has 4 nitrogen and oxygen atoms in total. The van der Waals surface area contributed by atoms with Crippen molar-refractivity contribution in [1.82, 2.24) is 0 Å². The van der Waals surface area contributed by atoms with Crippen molar-refractivity contribution in [3.8, 4) is 0 Å². The topological polar surface area (TPSA) is 67.2 Å². The SMILES string of the molecule is Cc1ccc(NC(=O)Nc2ccc(Cl)c(N)c2)cc1. The molecule has 0 fully saturated rings. The predicted octanol–water partition coefficient (Wildman–Crippen LogP) is 3.87. The molecule has 0 aliphatic heterocycles. The monoisotopic (exact) mass is 275 g/mol. The van der Waals surface area contributed by atoms with Crippen molar-refractivity contribution in [2.45, 2.75) is 6.92 Å². The Morgan fingerprint density at radius 2 is 1.63 bits per heavy atom. The van der Waals surface area contributed by atoms with E-state index in [0.29, 0.717) is 16.4 Å². The first-order valence-corrected chi connectivity index (χ1v) is 6.12. The Kier molecular flexibility index (Phi) is 3.92. The van der Waals surface area contributed by atoms with E-state index in [9.17, 15) is 4.79 Å². The second-order valence-corrected chi connectivity index (χ2v) is 4.59. The smallest absolute Gasteiger partial charge is 0.323 e. The van der Waals surface area contributed by atoms with E-state index in [0.717, 1.165) is 11.3 Å². The van der Waals surface area contributed by atoms with Crippen LogP contribution in [-0.4, -0.2) is 6.03 Å². The van der Waals surface area contributed by atoms with Gasteiger partial charge in [0, 0.05) is 11.4 Å². The molecule has 0 aliphatic carbocycles. The van der Waals surface area contributed by atoms with Crippen LogP contribution in [0.1, 0.15) is 5.56 Å². The molecule has 0 saturated carbocycles. The number of aryl methyl sites for hydroxylation is 1. The van der Waals surface area contributed by atoms with Crippen LogP contribution in [0.25, 0.3) is 0 Å². The van der Waals surface area contributed by atoms with Crippen LogP contribution in [0.3, 0.4) is 0 Å². The van der Waals surface area contributed by atoms with Gasteiger partial charge in [0.15, 0.2) is 0 Å². The van der Waals surface area contributed by atoms with Crippen molar-refractivity contribution in [2.24, 2.45) is 0 Å². The van der Waals surface area contributed by atoms with Gasteiger partial charge in [0.25, 0.3) is 0 Å². The normalized spacial score (nSPS) is 10.0. The zero-order chi connectivity index (χ0) is 13.8. The van der Waals surface area contributed by atoms with Gasteiger partial charge in [-0.15, -0.1) is 0 Å². The summed E-state index contributed by atoms with van der Waals surface area (Å²) in [6.07, 6.45) is 0. The number of amides is 2. The van der Waals surface area contributed by atoms with Crippen LogP contribution in [-0.2, 0) is 0 Å². The number of nitrogen functional groups attached to an aromatic ring is 1. The second-order valence-electron chi connectivity index (χ2n) is 4.18. The quantitative estimate of drug-likeness (QED) is 0.728. The van der Waals surface area contributed by atoms with E-state index in [1.54, 1.807) is 18.2 Å². The molecule has 0 atom stereocenters. The van der Waals surface area contributed by atoms with Gasteiger partial charge in [0.1, 0.15) is 0 Å². The molecule has 0 aliphatic rings. The summed E-state index contributed by atoms with van der Waals surface area (Å²) in [5, 5.41) is 5.87. The van der Waals surface area contributed by atoms with Crippen molar-refractivity contribution in [3.63, 3.8) is 0 Å². The van der Waals surface area contributed by atoms with E-state index in [1.165, 1.54) is 0 Å². The molecule has 2 amide bonds. The molecule has 0 bridgehead atoms. The molecular weight excluding hydrogens is 262 g/mol. The maximum Gasteiger partial charge on any atom is 0.323 e. The molecule has 2 rings (SSSR count). The number of nitrogens with one attached hydrogen (secondary N) is 2. The highest BCUT2D eigenvalue weighted by Gasteiger charge is 2.04. The molecule has 0 aromatic heterocycles. The van der Waals surface area contributed by atoms with Crippen molar-refractivity contribution >= 4 is 34.7 Å². The lowest BCUT2D eigenvalue weighted by Crippen LogP contribution is -2.19. The lowest BCUT2D eigenvalue weighted by atomic mass is 10.2. The molecular formula is C14H14ClN3O. The summed E-state index contributed by atoms with van der Waals surface area (Å²) in [5.41, 5.74) is 8.54. The first kappa shape index (κ1) is 13.2. The van der Waals surface area contributed by atoms with Crippen molar-refractivity contribution in [1.29, 1.82) is 0 Å². The molecule has 4 N–H and O–H groups in total. The fraction of sp³-hybridized carbons (Fsp3) is 0.0714. The molecule has 19 heavy (non-hydrogen) atoms. The molecule has 5 heteroatoms. The molecule has 0 saturated heterocycles. The van der Waals surface area contributed by atoms with Crippen LogP contribution < -0.4 is 16.4 Å². The summed E-state index contributed by atoms with van der Waals surface area (Å²) in [7, 11) is 0. The summed E-state index contributed by atoms with van der Waals surface area (Å²) in [6.45, 7) is 1.99. The van der Waals surface area contributed by atoms with Crippen LogP contribution >= 0.6 is 11.6 Å². The van der Waals surface area contributed by atoms with E-state index in [4.69, 9.17) is 17.3 Å². The zero-order valence-electron chi connectivity index (χ0n) is 10.4. The summed E-state index contributed by atoms with van der Waals surface area (Å²) >= 11 is 5.81. The number of rotatable bonds is 2. The third-order valence-corrected chi connectivity index (χ3v) is 2.91. The van der Waals surface area contributed by atoms with Gasteiger partial charge in [-0.2, -0.15) is 0 Å².